The molecular weight excluding hydrogens is 246 g/mol. The van der Waals surface area contributed by atoms with Crippen molar-refractivity contribution in [1.29, 1.82) is 0 Å². The van der Waals surface area contributed by atoms with Gasteiger partial charge in [-0.25, -0.2) is 4.79 Å². The van der Waals surface area contributed by atoms with Gasteiger partial charge in [0.1, 0.15) is 5.71 Å². The van der Waals surface area contributed by atoms with E-state index in [-0.39, 0.29) is 11.5 Å². The summed E-state index contributed by atoms with van der Waals surface area (Å²) in [5, 5.41) is 3.51. The molecule has 0 atom stereocenters. The predicted octanol–water partition coefficient (Wildman–Crippen LogP) is 2.70. The molecule has 1 aromatic heterocycles. The maximum absolute atomic E-state index is 11.7. The van der Waals surface area contributed by atoms with Crippen LogP contribution in [0.1, 0.15) is 27.8 Å². The van der Waals surface area contributed by atoms with Crippen molar-refractivity contribution in [2.24, 2.45) is 5.16 Å². The highest BCUT2D eigenvalue weighted by molar-refractivity contribution is 6.44. The van der Waals surface area contributed by atoms with Gasteiger partial charge < -0.3 is 9.25 Å². The van der Waals surface area contributed by atoms with Gasteiger partial charge in [0.15, 0.2) is 5.76 Å². The largest absolute Gasteiger partial charge is 0.461 e. The quantitative estimate of drug-likeness (QED) is 0.365. The Labute approximate surface area is 109 Å². The molecule has 0 radical (unpaired) electrons. The lowest BCUT2D eigenvalue weighted by molar-refractivity contribution is 0.0515. The number of carbonyl (C=O) groups excluding carboxylic acids is 2. The predicted molar refractivity (Wildman–Crippen MR) is 68.0 cm³/mol. The maximum Gasteiger partial charge on any atom is 0.365 e. The van der Waals surface area contributed by atoms with E-state index in [0.717, 1.165) is 0 Å². The third-order valence-corrected chi connectivity index (χ3v) is 2.35. The van der Waals surface area contributed by atoms with Crippen molar-refractivity contribution in [2.75, 3.05) is 0 Å². The van der Waals surface area contributed by atoms with Crippen LogP contribution in [0.4, 0.5) is 0 Å². The number of ketones is 1. The van der Waals surface area contributed by atoms with Crippen LogP contribution in [0.3, 0.4) is 0 Å². The van der Waals surface area contributed by atoms with Gasteiger partial charge in [0.2, 0.25) is 5.78 Å². The molecule has 0 bridgehead atoms. The molecule has 0 aliphatic rings. The Balaban J connectivity index is 2.03. The molecule has 5 heteroatoms. The van der Waals surface area contributed by atoms with Crippen LogP contribution in [0, 0.1) is 0 Å². The van der Waals surface area contributed by atoms with E-state index in [9.17, 15) is 9.59 Å². The van der Waals surface area contributed by atoms with Gasteiger partial charge in [0.05, 0.1) is 11.8 Å². The van der Waals surface area contributed by atoms with Gasteiger partial charge in [-0.2, -0.15) is 0 Å². The molecule has 0 saturated carbocycles. The number of carbonyl (C=O) groups is 2. The Morgan fingerprint density at radius 1 is 1.11 bits per heavy atom. The van der Waals surface area contributed by atoms with Crippen LogP contribution < -0.4 is 0 Å². The Hall–Kier alpha value is -2.69. The summed E-state index contributed by atoms with van der Waals surface area (Å²) < 4.78 is 4.94. The van der Waals surface area contributed by atoms with Crippen LogP contribution in [0.5, 0.6) is 0 Å². The van der Waals surface area contributed by atoms with Gasteiger partial charge in [0.25, 0.3) is 0 Å². The van der Waals surface area contributed by atoms with E-state index in [1.165, 1.54) is 19.3 Å². The highest BCUT2D eigenvalue weighted by atomic mass is 16.7. The summed E-state index contributed by atoms with van der Waals surface area (Å²) >= 11 is 0. The highest BCUT2D eigenvalue weighted by Gasteiger charge is 2.14. The van der Waals surface area contributed by atoms with Crippen LogP contribution in [0.25, 0.3) is 0 Å². The molecule has 0 unspecified atom stereocenters. The van der Waals surface area contributed by atoms with Crippen molar-refractivity contribution in [3.63, 3.8) is 0 Å². The molecule has 2 aromatic rings. The summed E-state index contributed by atoms with van der Waals surface area (Å²) in [7, 11) is 0. The van der Waals surface area contributed by atoms with E-state index in [0.29, 0.717) is 5.56 Å². The number of hydrogen-bond donors (Lipinski definition) is 0. The first-order valence-corrected chi connectivity index (χ1v) is 5.57. The topological polar surface area (TPSA) is 68.9 Å². The Morgan fingerprint density at radius 3 is 2.47 bits per heavy atom. The van der Waals surface area contributed by atoms with Gasteiger partial charge in [-0.15, -0.1) is 0 Å². The number of rotatable bonds is 4. The number of Topliss-reactive ketones (excluding diaryl/α,β-unsaturated/α-hetero) is 1. The van der Waals surface area contributed by atoms with Crippen molar-refractivity contribution in [2.45, 2.75) is 6.92 Å². The fraction of sp³-hybridized carbons (Fsp3) is 0.0714. The maximum atomic E-state index is 11.7. The first-order valence-electron chi connectivity index (χ1n) is 5.57. The van der Waals surface area contributed by atoms with Gasteiger partial charge in [-0.1, -0.05) is 23.4 Å². The van der Waals surface area contributed by atoms with Crippen molar-refractivity contribution >= 4 is 17.5 Å². The normalized spacial score (nSPS) is 11.1. The van der Waals surface area contributed by atoms with E-state index in [1.54, 1.807) is 36.4 Å². The Kier molecular flexibility index (Phi) is 3.87. The van der Waals surface area contributed by atoms with Crippen molar-refractivity contribution in [3.8, 4) is 0 Å². The summed E-state index contributed by atoms with van der Waals surface area (Å²) in [4.78, 5) is 28.0. The molecule has 0 amide bonds. The fourth-order valence-electron chi connectivity index (χ4n) is 1.36. The zero-order valence-corrected chi connectivity index (χ0v) is 10.2. The Bertz CT molecular complexity index is 600. The summed E-state index contributed by atoms with van der Waals surface area (Å²) in [5.41, 5.74) is 0.406. The van der Waals surface area contributed by atoms with Gasteiger partial charge in [-0.3, -0.25) is 4.79 Å². The van der Waals surface area contributed by atoms with E-state index < -0.39 is 11.8 Å². The monoisotopic (exact) mass is 257 g/mol. The zero-order valence-electron chi connectivity index (χ0n) is 10.2. The van der Waals surface area contributed by atoms with Crippen LogP contribution in [-0.2, 0) is 4.84 Å². The number of nitrogens with zero attached hydrogens (tertiary/aromatic N) is 1. The summed E-state index contributed by atoms with van der Waals surface area (Å²) in [6.45, 7) is 1.45. The molecule has 1 heterocycles. The minimum absolute atomic E-state index is 0.0410. The lowest BCUT2D eigenvalue weighted by Gasteiger charge is -1.99. The molecule has 0 spiro atoms. The standard InChI is InChI=1S/C14H11NO4/c1-10(13(16)12-8-5-9-18-12)15-19-14(17)11-6-3-2-4-7-11/h2-9H,1H3/b15-10-. The molecule has 0 N–H and O–H groups in total. The molecule has 96 valence electrons. The SMILES string of the molecule is C/C(=N/OC(=O)c1ccccc1)C(=O)c1ccco1. The number of hydrogen-bond acceptors (Lipinski definition) is 5. The highest BCUT2D eigenvalue weighted by Crippen LogP contribution is 2.05. The van der Waals surface area contributed by atoms with E-state index in [4.69, 9.17) is 9.25 Å². The minimum atomic E-state index is -0.618. The molecule has 0 aliphatic heterocycles. The fourth-order valence-corrected chi connectivity index (χ4v) is 1.36. The summed E-state index contributed by atoms with van der Waals surface area (Å²) in [6.07, 6.45) is 1.39. The lowest BCUT2D eigenvalue weighted by atomic mass is 10.2. The summed E-state index contributed by atoms with van der Waals surface area (Å²) in [6, 6.07) is 11.5. The third kappa shape index (κ3) is 3.16. The molecule has 0 saturated heterocycles. The smallest absolute Gasteiger partial charge is 0.365 e. The van der Waals surface area contributed by atoms with Gasteiger partial charge >= 0.3 is 5.97 Å². The van der Waals surface area contributed by atoms with Gasteiger partial charge in [0, 0.05) is 0 Å². The Morgan fingerprint density at radius 2 is 1.84 bits per heavy atom. The van der Waals surface area contributed by atoms with Crippen LogP contribution >= 0.6 is 0 Å². The molecule has 0 aliphatic carbocycles. The van der Waals surface area contributed by atoms with E-state index in [1.807, 2.05) is 0 Å². The first kappa shape index (κ1) is 12.8. The number of oxime groups is 1. The first-order chi connectivity index (χ1) is 9.18. The van der Waals surface area contributed by atoms with E-state index >= 15 is 0 Å². The van der Waals surface area contributed by atoms with Crippen LogP contribution in [0.2, 0.25) is 0 Å². The average molecular weight is 257 g/mol. The third-order valence-electron chi connectivity index (χ3n) is 2.35. The van der Waals surface area contributed by atoms with Crippen molar-refractivity contribution in [3.05, 3.63) is 60.1 Å². The molecule has 5 nitrogen and oxygen atoms in total. The molecule has 1 aromatic carbocycles. The number of benzene rings is 1. The lowest BCUT2D eigenvalue weighted by Crippen LogP contribution is -2.11. The second kappa shape index (κ2) is 5.77. The second-order valence-electron chi connectivity index (χ2n) is 3.73. The second-order valence-corrected chi connectivity index (χ2v) is 3.73. The molecule has 2 rings (SSSR count). The average Bonchev–Trinajstić information content (AvgIpc) is 2.98. The number of furan rings is 1. The van der Waals surface area contributed by atoms with Crippen molar-refractivity contribution < 1.29 is 18.8 Å². The van der Waals surface area contributed by atoms with Crippen LogP contribution in [0.15, 0.2) is 58.3 Å². The van der Waals surface area contributed by atoms with Crippen LogP contribution in [-0.4, -0.2) is 17.5 Å². The van der Waals surface area contributed by atoms with Gasteiger partial charge in [-0.05, 0) is 31.2 Å². The van der Waals surface area contributed by atoms with Crippen molar-refractivity contribution in [1.82, 2.24) is 0 Å². The zero-order chi connectivity index (χ0) is 13.7. The van der Waals surface area contributed by atoms with E-state index in [2.05, 4.69) is 5.16 Å². The minimum Gasteiger partial charge on any atom is -0.461 e. The molecule has 19 heavy (non-hydrogen) atoms. The molecule has 0 fully saturated rings. The molecular formula is C14H11NO4. The summed E-state index contributed by atoms with van der Waals surface area (Å²) in [5.74, 6) is -0.893.